The minimum absolute atomic E-state index is 0.00176. The minimum atomic E-state index is -0.680. The Labute approximate surface area is 241 Å². The van der Waals surface area contributed by atoms with Gasteiger partial charge in [0, 0.05) is 24.2 Å². The fraction of sp³-hybridized carbons (Fsp3) is 0.188. The molecule has 1 aliphatic rings. The molecule has 8 nitrogen and oxygen atoms in total. The number of benzene rings is 3. The van der Waals surface area contributed by atoms with Crippen LogP contribution in [-0.2, 0) is 14.3 Å². The molecule has 1 atom stereocenters. The van der Waals surface area contributed by atoms with E-state index in [1.54, 1.807) is 41.8 Å². The highest BCUT2D eigenvalue weighted by atomic mass is 32.1. The summed E-state index contributed by atoms with van der Waals surface area (Å²) in [6.45, 7) is 3.76. The molecule has 5 rings (SSSR count). The van der Waals surface area contributed by atoms with Gasteiger partial charge in [0.2, 0.25) is 5.91 Å². The number of nitrogens with zero attached hydrogens (tertiary/aromatic N) is 1. The summed E-state index contributed by atoms with van der Waals surface area (Å²) in [5.74, 6) is -0.716. The standard InChI is InChI=1S/C32H27NO7S/c1-20-5-10-27(16-21(20)2)39-25-13-8-24(9-14-25)33-18-23(17-30(33)35)31(36)38-19-28(34)22-6-11-26(12-7-22)40-32(37)29-4-3-15-41-29/h3-16,23H,17-19H2,1-2H3/t23-/m0/s1. The molecule has 0 bridgehead atoms. The molecule has 0 spiro atoms. The van der Waals surface area contributed by atoms with Crippen LogP contribution in [0.25, 0.3) is 0 Å². The lowest BCUT2D eigenvalue weighted by Crippen LogP contribution is -2.27. The van der Waals surface area contributed by atoms with Gasteiger partial charge in [-0.05, 0) is 97.1 Å². The number of esters is 2. The Balaban J connectivity index is 1.11. The van der Waals surface area contributed by atoms with Gasteiger partial charge in [0.05, 0.1) is 5.92 Å². The van der Waals surface area contributed by atoms with E-state index < -0.39 is 30.2 Å². The van der Waals surface area contributed by atoms with Crippen molar-refractivity contribution in [2.75, 3.05) is 18.1 Å². The molecule has 1 saturated heterocycles. The summed E-state index contributed by atoms with van der Waals surface area (Å²) in [6, 6.07) is 22.4. The maximum absolute atomic E-state index is 12.7. The van der Waals surface area contributed by atoms with Crippen LogP contribution >= 0.6 is 11.3 Å². The van der Waals surface area contributed by atoms with Crippen molar-refractivity contribution < 1.29 is 33.4 Å². The Hall–Kier alpha value is -4.76. The van der Waals surface area contributed by atoms with E-state index in [4.69, 9.17) is 14.2 Å². The van der Waals surface area contributed by atoms with Crippen molar-refractivity contribution in [1.29, 1.82) is 0 Å². The first-order valence-electron chi connectivity index (χ1n) is 13.0. The van der Waals surface area contributed by atoms with E-state index in [-0.39, 0.29) is 18.9 Å². The first kappa shape index (κ1) is 27.8. The third-order valence-corrected chi connectivity index (χ3v) is 7.63. The van der Waals surface area contributed by atoms with Crippen molar-refractivity contribution in [3.63, 3.8) is 0 Å². The molecular weight excluding hydrogens is 542 g/mol. The van der Waals surface area contributed by atoms with Gasteiger partial charge in [-0.2, -0.15) is 0 Å². The van der Waals surface area contributed by atoms with Crippen molar-refractivity contribution in [2.45, 2.75) is 20.3 Å². The Morgan fingerprint density at radius 2 is 1.59 bits per heavy atom. The van der Waals surface area contributed by atoms with Gasteiger partial charge >= 0.3 is 11.9 Å². The number of hydrogen-bond donors (Lipinski definition) is 0. The summed E-state index contributed by atoms with van der Waals surface area (Å²) >= 11 is 1.27. The molecule has 0 radical (unpaired) electrons. The normalized spacial score (nSPS) is 14.5. The first-order valence-corrected chi connectivity index (χ1v) is 13.9. The number of carbonyl (C=O) groups excluding carboxylic acids is 4. The van der Waals surface area contributed by atoms with Crippen LogP contribution in [-0.4, -0.2) is 36.8 Å². The molecule has 0 saturated carbocycles. The predicted molar refractivity (Wildman–Crippen MR) is 154 cm³/mol. The highest BCUT2D eigenvalue weighted by molar-refractivity contribution is 7.12. The fourth-order valence-corrected chi connectivity index (χ4v) is 4.92. The molecule has 9 heteroatoms. The Morgan fingerprint density at radius 3 is 2.27 bits per heavy atom. The van der Waals surface area contributed by atoms with Gasteiger partial charge in [-0.1, -0.05) is 12.1 Å². The number of amides is 1. The Kier molecular flexibility index (Phi) is 8.26. The zero-order valence-corrected chi connectivity index (χ0v) is 23.3. The lowest BCUT2D eigenvalue weighted by molar-refractivity contribution is -0.147. The van der Waals surface area contributed by atoms with Crippen LogP contribution in [0.3, 0.4) is 0 Å². The molecule has 3 aromatic carbocycles. The molecule has 0 N–H and O–H groups in total. The Bertz CT molecular complexity index is 1580. The second-order valence-electron chi connectivity index (χ2n) is 9.67. The van der Waals surface area contributed by atoms with Crippen molar-refractivity contribution in [2.24, 2.45) is 5.92 Å². The summed E-state index contributed by atoms with van der Waals surface area (Å²) in [5.41, 5.74) is 3.27. The van der Waals surface area contributed by atoms with Crippen molar-refractivity contribution in [3.8, 4) is 17.2 Å². The number of anilines is 1. The number of Topliss-reactive ketones (excluding diaryl/α,β-unsaturated/α-hetero) is 1. The summed E-state index contributed by atoms with van der Waals surface area (Å²) < 4.78 is 16.5. The third-order valence-electron chi connectivity index (χ3n) is 6.78. The van der Waals surface area contributed by atoms with Crippen LogP contribution in [0.5, 0.6) is 17.2 Å². The van der Waals surface area contributed by atoms with Gasteiger partial charge in [0.25, 0.3) is 0 Å². The summed E-state index contributed by atoms with van der Waals surface area (Å²) in [6.07, 6.45) is -0.00176. The SMILES string of the molecule is Cc1ccc(Oc2ccc(N3C[C@@H](C(=O)OCC(=O)c4ccc(OC(=O)c5cccs5)cc4)CC3=O)cc2)cc1C. The number of aryl methyl sites for hydroxylation is 2. The first-order chi connectivity index (χ1) is 19.8. The number of ether oxygens (including phenoxy) is 3. The maximum Gasteiger partial charge on any atom is 0.353 e. The molecule has 1 amide bonds. The van der Waals surface area contributed by atoms with E-state index in [1.807, 2.05) is 32.0 Å². The molecule has 0 unspecified atom stereocenters. The largest absolute Gasteiger partial charge is 0.457 e. The monoisotopic (exact) mass is 569 g/mol. The van der Waals surface area contributed by atoms with Gasteiger partial charge in [0.15, 0.2) is 12.4 Å². The molecule has 41 heavy (non-hydrogen) atoms. The zero-order chi connectivity index (χ0) is 28.9. The van der Waals surface area contributed by atoms with Gasteiger partial charge in [-0.15, -0.1) is 11.3 Å². The lowest BCUT2D eigenvalue weighted by atomic mass is 10.1. The Morgan fingerprint density at radius 1 is 0.878 bits per heavy atom. The van der Waals surface area contributed by atoms with Crippen LogP contribution in [0.4, 0.5) is 5.69 Å². The zero-order valence-electron chi connectivity index (χ0n) is 22.5. The minimum Gasteiger partial charge on any atom is -0.457 e. The third kappa shape index (κ3) is 6.70. The molecule has 2 heterocycles. The second-order valence-corrected chi connectivity index (χ2v) is 10.6. The van der Waals surface area contributed by atoms with Gasteiger partial charge in [-0.3, -0.25) is 14.4 Å². The van der Waals surface area contributed by atoms with Crippen molar-refractivity contribution in [1.82, 2.24) is 0 Å². The van der Waals surface area contributed by atoms with Crippen LogP contribution in [0, 0.1) is 19.8 Å². The molecule has 0 aliphatic carbocycles. The van der Waals surface area contributed by atoms with Crippen LogP contribution in [0.2, 0.25) is 0 Å². The molecular formula is C32H27NO7S. The van der Waals surface area contributed by atoms with Crippen LogP contribution in [0.1, 0.15) is 37.6 Å². The molecule has 1 aromatic heterocycles. The van der Waals surface area contributed by atoms with E-state index >= 15 is 0 Å². The lowest BCUT2D eigenvalue weighted by Gasteiger charge is -2.17. The summed E-state index contributed by atoms with van der Waals surface area (Å²) in [7, 11) is 0. The average molecular weight is 570 g/mol. The number of thiophene rings is 1. The van der Waals surface area contributed by atoms with Gasteiger partial charge < -0.3 is 19.1 Å². The molecule has 4 aromatic rings. The number of carbonyl (C=O) groups is 4. The van der Waals surface area contributed by atoms with E-state index in [9.17, 15) is 19.2 Å². The summed E-state index contributed by atoms with van der Waals surface area (Å²) in [4.78, 5) is 52.0. The number of hydrogen-bond acceptors (Lipinski definition) is 8. The average Bonchev–Trinajstić information content (AvgIpc) is 3.65. The topological polar surface area (TPSA) is 99.2 Å². The van der Waals surface area contributed by atoms with Gasteiger partial charge in [-0.25, -0.2) is 4.79 Å². The van der Waals surface area contributed by atoms with E-state index in [0.717, 1.165) is 11.3 Å². The van der Waals surface area contributed by atoms with Crippen molar-refractivity contribution in [3.05, 3.63) is 106 Å². The molecule has 1 fully saturated rings. The van der Waals surface area contributed by atoms with E-state index in [2.05, 4.69) is 0 Å². The second kappa shape index (κ2) is 12.2. The molecule has 1 aliphatic heterocycles. The fourth-order valence-electron chi connectivity index (χ4n) is 4.32. The molecule has 208 valence electrons. The highest BCUT2D eigenvalue weighted by Crippen LogP contribution is 2.30. The van der Waals surface area contributed by atoms with Crippen LogP contribution in [0.15, 0.2) is 84.2 Å². The highest BCUT2D eigenvalue weighted by Gasteiger charge is 2.36. The van der Waals surface area contributed by atoms with Gasteiger partial charge in [0.1, 0.15) is 22.1 Å². The number of rotatable bonds is 9. The maximum atomic E-state index is 12.7. The number of ketones is 1. The predicted octanol–water partition coefficient (Wildman–Crippen LogP) is 6.16. The van der Waals surface area contributed by atoms with Crippen molar-refractivity contribution >= 4 is 40.7 Å². The smallest absolute Gasteiger partial charge is 0.353 e. The van der Waals surface area contributed by atoms with E-state index in [0.29, 0.717) is 27.6 Å². The quantitative estimate of drug-likeness (QED) is 0.135. The van der Waals surface area contributed by atoms with E-state index in [1.165, 1.54) is 46.1 Å². The van der Waals surface area contributed by atoms with Crippen LogP contribution < -0.4 is 14.4 Å². The summed E-state index contributed by atoms with van der Waals surface area (Å²) in [5, 5.41) is 1.78.